The van der Waals surface area contributed by atoms with E-state index in [2.05, 4.69) is 0 Å². The number of aliphatic hydroxyl groups is 1. The average Bonchev–Trinajstić information content (AvgIpc) is 2.48. The van der Waals surface area contributed by atoms with Crippen LogP contribution in [0.4, 0.5) is 0 Å². The number of hydrogen-bond donors (Lipinski definition) is 2. The molecule has 0 saturated carbocycles. The Balaban J connectivity index is 2.69. The zero-order valence-corrected chi connectivity index (χ0v) is 11.7. The third-order valence-corrected chi connectivity index (χ3v) is 3.52. The van der Waals surface area contributed by atoms with Gasteiger partial charge in [0.2, 0.25) is 6.41 Å². The first-order valence-electron chi connectivity index (χ1n) is 7.03. The molecule has 0 aromatic carbocycles. The van der Waals surface area contributed by atoms with E-state index in [9.17, 15) is 14.4 Å². The Kier molecular flexibility index (Phi) is 7.17. The number of carbonyl (C=O) groups excluding carboxylic acids is 3. The number of carbonyl (C=O) groups is 3. The first-order valence-corrected chi connectivity index (χ1v) is 7.03. The largest absolute Gasteiger partial charge is 0.396 e. The van der Waals surface area contributed by atoms with Crippen molar-refractivity contribution in [3.05, 3.63) is 0 Å². The van der Waals surface area contributed by atoms with Gasteiger partial charge in [-0.15, -0.1) is 0 Å². The smallest absolute Gasteiger partial charge is 0.318 e. The highest BCUT2D eigenvalue weighted by Crippen LogP contribution is 2.20. The molecule has 1 saturated heterocycles. The lowest BCUT2D eigenvalue weighted by atomic mass is 9.99. The highest BCUT2D eigenvalue weighted by Gasteiger charge is 2.32. The van der Waals surface area contributed by atoms with Crippen LogP contribution in [0, 0.1) is 0 Å². The first-order chi connectivity index (χ1) is 9.65. The monoisotopic (exact) mass is 285 g/mol. The van der Waals surface area contributed by atoms with Crippen molar-refractivity contribution >= 4 is 18.2 Å². The molecule has 0 radical (unpaired) electrons. The van der Waals surface area contributed by atoms with E-state index in [0.717, 1.165) is 24.2 Å². The Morgan fingerprint density at radius 3 is 2.75 bits per heavy atom. The summed E-state index contributed by atoms with van der Waals surface area (Å²) in [5.74, 6) is -1.47. The standard InChI is InChI=1S/C13H23N3O4/c14-6-3-7-15(10-18)12(19)13(20)16-8-2-1-4-11(16)5-9-17/h10-11,17H,1-9,14H2. The van der Waals surface area contributed by atoms with Crippen molar-refractivity contribution in [3.8, 4) is 0 Å². The molecule has 1 aliphatic rings. The van der Waals surface area contributed by atoms with Crippen LogP contribution in [0.5, 0.6) is 0 Å². The summed E-state index contributed by atoms with van der Waals surface area (Å²) in [7, 11) is 0. The van der Waals surface area contributed by atoms with E-state index >= 15 is 0 Å². The molecular formula is C13H23N3O4. The number of piperidine rings is 1. The molecule has 0 spiro atoms. The van der Waals surface area contributed by atoms with E-state index in [0.29, 0.717) is 32.3 Å². The summed E-state index contributed by atoms with van der Waals surface area (Å²) in [6.45, 7) is 0.984. The Morgan fingerprint density at radius 2 is 2.15 bits per heavy atom. The van der Waals surface area contributed by atoms with E-state index in [1.807, 2.05) is 0 Å². The molecule has 0 aliphatic carbocycles. The van der Waals surface area contributed by atoms with Crippen molar-refractivity contribution in [3.63, 3.8) is 0 Å². The minimum Gasteiger partial charge on any atom is -0.396 e. The van der Waals surface area contributed by atoms with Crippen LogP contribution in [-0.4, -0.2) is 65.4 Å². The van der Waals surface area contributed by atoms with Gasteiger partial charge in [0.25, 0.3) is 0 Å². The molecule has 1 atom stereocenters. The summed E-state index contributed by atoms with van der Waals surface area (Å²) in [5, 5.41) is 9.02. The van der Waals surface area contributed by atoms with Crippen LogP contribution in [0.15, 0.2) is 0 Å². The number of likely N-dealkylation sites (tertiary alicyclic amines) is 1. The number of nitrogens with zero attached hydrogens (tertiary/aromatic N) is 2. The third-order valence-electron chi connectivity index (χ3n) is 3.52. The van der Waals surface area contributed by atoms with E-state index in [-0.39, 0.29) is 19.2 Å². The van der Waals surface area contributed by atoms with Gasteiger partial charge in [-0.05, 0) is 38.6 Å². The lowest BCUT2D eigenvalue weighted by Crippen LogP contribution is -2.51. The summed E-state index contributed by atoms with van der Waals surface area (Å²) in [6.07, 6.45) is 3.91. The summed E-state index contributed by atoms with van der Waals surface area (Å²) in [4.78, 5) is 37.5. The van der Waals surface area contributed by atoms with Gasteiger partial charge < -0.3 is 15.7 Å². The molecule has 0 aromatic rings. The third kappa shape index (κ3) is 4.28. The van der Waals surface area contributed by atoms with Crippen LogP contribution < -0.4 is 5.73 Å². The molecular weight excluding hydrogens is 262 g/mol. The fourth-order valence-electron chi connectivity index (χ4n) is 2.43. The van der Waals surface area contributed by atoms with Gasteiger partial charge in [-0.3, -0.25) is 19.3 Å². The van der Waals surface area contributed by atoms with Gasteiger partial charge in [-0.2, -0.15) is 0 Å². The quantitative estimate of drug-likeness (QED) is 0.485. The molecule has 3 amide bonds. The zero-order chi connectivity index (χ0) is 15.0. The molecule has 7 heteroatoms. The van der Waals surface area contributed by atoms with Gasteiger partial charge in [0.1, 0.15) is 0 Å². The second-order valence-corrected chi connectivity index (χ2v) is 4.91. The molecule has 1 fully saturated rings. The maximum absolute atomic E-state index is 12.2. The van der Waals surface area contributed by atoms with Gasteiger partial charge >= 0.3 is 11.8 Å². The maximum Gasteiger partial charge on any atom is 0.318 e. The summed E-state index contributed by atoms with van der Waals surface area (Å²) in [5.41, 5.74) is 5.34. The summed E-state index contributed by atoms with van der Waals surface area (Å²) < 4.78 is 0. The molecule has 1 unspecified atom stereocenters. The second kappa shape index (κ2) is 8.65. The summed E-state index contributed by atoms with van der Waals surface area (Å²) in [6, 6.07) is -0.117. The second-order valence-electron chi connectivity index (χ2n) is 4.91. The summed E-state index contributed by atoms with van der Waals surface area (Å²) >= 11 is 0. The normalized spacial score (nSPS) is 18.7. The van der Waals surface area contributed by atoms with Crippen LogP contribution in [0.25, 0.3) is 0 Å². The van der Waals surface area contributed by atoms with Crippen LogP contribution in [0.3, 0.4) is 0 Å². The Hall–Kier alpha value is -1.47. The fourth-order valence-corrected chi connectivity index (χ4v) is 2.43. The van der Waals surface area contributed by atoms with Crippen molar-refractivity contribution in [1.82, 2.24) is 9.80 Å². The highest BCUT2D eigenvalue weighted by molar-refractivity contribution is 6.36. The topological polar surface area (TPSA) is 104 Å². The van der Waals surface area contributed by atoms with Crippen LogP contribution >= 0.6 is 0 Å². The van der Waals surface area contributed by atoms with Crippen molar-refractivity contribution in [2.45, 2.75) is 38.1 Å². The molecule has 1 aliphatic heterocycles. The lowest BCUT2D eigenvalue weighted by Gasteiger charge is -2.35. The Morgan fingerprint density at radius 1 is 1.40 bits per heavy atom. The van der Waals surface area contributed by atoms with Gasteiger partial charge in [0.15, 0.2) is 0 Å². The number of rotatable bonds is 6. The SMILES string of the molecule is NCCCN(C=O)C(=O)C(=O)N1CCCCC1CCO. The molecule has 0 aromatic heterocycles. The molecule has 1 heterocycles. The number of imide groups is 1. The van der Waals surface area contributed by atoms with Crippen molar-refractivity contribution < 1.29 is 19.5 Å². The number of nitrogens with two attached hydrogens (primary N) is 1. The van der Waals surface area contributed by atoms with Gasteiger partial charge in [-0.25, -0.2) is 0 Å². The van der Waals surface area contributed by atoms with Crippen molar-refractivity contribution in [1.29, 1.82) is 0 Å². The number of hydrogen-bond acceptors (Lipinski definition) is 5. The first kappa shape index (κ1) is 16.6. The minimum atomic E-state index is -0.807. The Bertz CT molecular complexity index is 347. The molecule has 114 valence electrons. The minimum absolute atomic E-state index is 0.0206. The van der Waals surface area contributed by atoms with Crippen LogP contribution in [-0.2, 0) is 14.4 Å². The molecule has 1 rings (SSSR count). The Labute approximate surface area is 118 Å². The molecule has 3 N–H and O–H groups in total. The average molecular weight is 285 g/mol. The predicted molar refractivity (Wildman–Crippen MR) is 72.5 cm³/mol. The van der Waals surface area contributed by atoms with Crippen LogP contribution in [0.1, 0.15) is 32.1 Å². The molecule has 0 bridgehead atoms. The predicted octanol–water partition coefficient (Wildman–Crippen LogP) is -0.916. The van der Waals surface area contributed by atoms with E-state index in [4.69, 9.17) is 10.8 Å². The lowest BCUT2D eigenvalue weighted by molar-refractivity contribution is -0.156. The number of aliphatic hydroxyl groups excluding tert-OH is 1. The highest BCUT2D eigenvalue weighted by atomic mass is 16.3. The molecule has 20 heavy (non-hydrogen) atoms. The zero-order valence-electron chi connectivity index (χ0n) is 11.7. The fraction of sp³-hybridized carbons (Fsp3) is 0.769. The number of amides is 3. The van der Waals surface area contributed by atoms with Gasteiger partial charge in [0, 0.05) is 25.7 Å². The van der Waals surface area contributed by atoms with E-state index in [1.54, 1.807) is 0 Å². The van der Waals surface area contributed by atoms with Crippen molar-refractivity contribution in [2.24, 2.45) is 5.73 Å². The molecule has 7 nitrogen and oxygen atoms in total. The maximum atomic E-state index is 12.2. The van der Waals surface area contributed by atoms with Crippen LogP contribution in [0.2, 0.25) is 0 Å². The van der Waals surface area contributed by atoms with Crippen molar-refractivity contribution in [2.75, 3.05) is 26.2 Å². The van der Waals surface area contributed by atoms with Gasteiger partial charge in [0.05, 0.1) is 0 Å². The van der Waals surface area contributed by atoms with E-state index < -0.39 is 11.8 Å². The van der Waals surface area contributed by atoms with Gasteiger partial charge in [-0.1, -0.05) is 0 Å². The van der Waals surface area contributed by atoms with E-state index in [1.165, 1.54) is 4.90 Å².